The van der Waals surface area contributed by atoms with Crippen molar-refractivity contribution in [3.8, 4) is 5.75 Å². The Morgan fingerprint density at radius 3 is 2.07 bits per heavy atom. The zero-order valence-electron chi connectivity index (χ0n) is 14.6. The Balaban J connectivity index is 1.97. The van der Waals surface area contributed by atoms with Crippen molar-refractivity contribution in [2.45, 2.75) is 6.92 Å². The molecule has 0 aliphatic heterocycles. The molecule has 8 nitrogen and oxygen atoms in total. The Morgan fingerprint density at radius 1 is 1.07 bits per heavy atom. The summed E-state index contributed by atoms with van der Waals surface area (Å²) in [6, 6.07) is 10.1. The number of benzene rings is 2. The molecule has 2 aromatic carbocycles. The van der Waals surface area contributed by atoms with Crippen LogP contribution in [-0.4, -0.2) is 29.1 Å². The highest BCUT2D eigenvalue weighted by Gasteiger charge is 2.12. The quantitative estimate of drug-likeness (QED) is 0.331. The summed E-state index contributed by atoms with van der Waals surface area (Å²) < 4.78 is 5.26. The fraction of sp³-hybridized carbons (Fsp3) is 0.176. The number of thiocarbonyl (C=S) groups is 1. The normalized spacial score (nSPS) is 10.1. The first-order chi connectivity index (χ1) is 13.2. The molecular formula is C17H16Cl2N4O4S. The largest absolute Gasteiger partial charge is 0.484 e. The summed E-state index contributed by atoms with van der Waals surface area (Å²) in [4.78, 5) is 20.9. The minimum atomic E-state index is -0.495. The number of nitro groups is 1. The number of carbonyl (C=O) groups is 1. The molecule has 148 valence electrons. The highest BCUT2D eigenvalue weighted by molar-refractivity contribution is 7.80. The van der Waals surface area contributed by atoms with Crippen LogP contribution in [0.3, 0.4) is 0 Å². The van der Waals surface area contributed by atoms with Gasteiger partial charge in [-0.25, -0.2) is 0 Å². The smallest absolute Gasteiger partial charge is 0.237 e. The maximum atomic E-state index is 11.0. The zero-order valence-corrected chi connectivity index (χ0v) is 17.0. The van der Waals surface area contributed by atoms with Gasteiger partial charge in [0.1, 0.15) is 0 Å². The van der Waals surface area contributed by atoms with Gasteiger partial charge in [-0.15, -0.1) is 0 Å². The summed E-state index contributed by atoms with van der Waals surface area (Å²) in [7, 11) is 0. The van der Waals surface area contributed by atoms with Crippen LogP contribution in [0.25, 0.3) is 0 Å². The Labute approximate surface area is 176 Å². The van der Waals surface area contributed by atoms with Gasteiger partial charge in [-0.1, -0.05) is 23.2 Å². The first-order valence-electron chi connectivity index (χ1n) is 7.94. The van der Waals surface area contributed by atoms with Crippen LogP contribution in [0, 0.1) is 10.1 Å². The Bertz CT molecular complexity index is 870. The first kappa shape index (κ1) is 21.7. The summed E-state index contributed by atoms with van der Waals surface area (Å²) in [5.41, 5.74) is 1.90. The predicted molar refractivity (Wildman–Crippen MR) is 114 cm³/mol. The second-order valence-corrected chi connectivity index (χ2v) is 6.73. The van der Waals surface area contributed by atoms with Crippen LogP contribution in [0.4, 0.5) is 17.1 Å². The van der Waals surface area contributed by atoms with E-state index in [1.165, 1.54) is 6.92 Å². The van der Waals surface area contributed by atoms with Crippen LogP contribution < -0.4 is 20.7 Å². The van der Waals surface area contributed by atoms with Crippen LogP contribution >= 0.6 is 35.4 Å². The molecule has 0 saturated heterocycles. The molecule has 28 heavy (non-hydrogen) atoms. The average molecular weight is 443 g/mol. The first-order valence-corrected chi connectivity index (χ1v) is 9.10. The van der Waals surface area contributed by atoms with Crippen molar-refractivity contribution in [1.29, 1.82) is 0 Å². The maximum Gasteiger partial charge on any atom is 0.237 e. The van der Waals surface area contributed by atoms with Gasteiger partial charge in [0, 0.05) is 28.9 Å². The number of ether oxygens (including phenoxy) is 1. The SMILES string of the molecule is CC(=O)Nc1ccc(NC(=S)Nc2cc(Cl)c(OCC[N+](=O)[O-])c(Cl)c2)cc1. The highest BCUT2D eigenvalue weighted by atomic mass is 35.5. The Morgan fingerprint density at radius 2 is 1.57 bits per heavy atom. The third-order valence-corrected chi connectivity index (χ3v) is 4.01. The number of carbonyl (C=O) groups excluding carboxylic acids is 1. The van der Waals surface area contributed by atoms with E-state index in [1.54, 1.807) is 36.4 Å². The zero-order chi connectivity index (χ0) is 20.7. The number of nitrogens with one attached hydrogen (secondary N) is 3. The van der Waals surface area contributed by atoms with E-state index in [9.17, 15) is 14.9 Å². The van der Waals surface area contributed by atoms with Gasteiger partial charge >= 0.3 is 0 Å². The van der Waals surface area contributed by atoms with Gasteiger partial charge in [0.15, 0.2) is 17.5 Å². The molecular weight excluding hydrogens is 427 g/mol. The second kappa shape index (κ2) is 10.1. The van der Waals surface area contributed by atoms with Crippen LogP contribution in [0.15, 0.2) is 36.4 Å². The topological polar surface area (TPSA) is 106 Å². The number of amides is 1. The van der Waals surface area contributed by atoms with Gasteiger partial charge in [0.05, 0.1) is 10.0 Å². The summed E-state index contributed by atoms with van der Waals surface area (Å²) in [5, 5.41) is 19.6. The van der Waals surface area contributed by atoms with E-state index in [4.69, 9.17) is 40.2 Å². The molecule has 0 saturated carbocycles. The third kappa shape index (κ3) is 6.84. The standard InChI is InChI=1S/C17H16Cl2N4O4S/c1-10(24)20-11-2-4-12(5-3-11)21-17(28)22-13-8-14(18)16(15(19)9-13)27-7-6-23(25)26/h2-5,8-9H,6-7H2,1H3,(H,20,24)(H2,21,22,28). The van der Waals surface area contributed by atoms with Crippen LogP contribution in [0.1, 0.15) is 6.92 Å². The summed E-state index contributed by atoms with van der Waals surface area (Å²) in [5.74, 6) is 0.0145. The number of hydrogen-bond donors (Lipinski definition) is 3. The lowest BCUT2D eigenvalue weighted by atomic mass is 10.2. The molecule has 0 unspecified atom stereocenters. The van der Waals surface area contributed by atoms with Crippen LogP contribution in [0.2, 0.25) is 10.0 Å². The number of rotatable bonds is 7. The van der Waals surface area contributed by atoms with Crippen molar-refractivity contribution in [3.05, 3.63) is 56.6 Å². The van der Waals surface area contributed by atoms with E-state index in [2.05, 4.69) is 16.0 Å². The van der Waals surface area contributed by atoms with Crippen LogP contribution in [0.5, 0.6) is 5.75 Å². The molecule has 3 N–H and O–H groups in total. The number of nitrogens with zero attached hydrogens (tertiary/aromatic N) is 1. The average Bonchev–Trinajstić information content (AvgIpc) is 2.58. The van der Waals surface area contributed by atoms with E-state index < -0.39 is 4.92 Å². The molecule has 0 atom stereocenters. The van der Waals surface area contributed by atoms with Gasteiger partial charge in [-0.2, -0.15) is 0 Å². The maximum absolute atomic E-state index is 11.0. The number of anilines is 3. The van der Waals surface area contributed by atoms with E-state index in [0.29, 0.717) is 22.2 Å². The molecule has 0 fully saturated rings. The summed E-state index contributed by atoms with van der Waals surface area (Å²) >= 11 is 17.5. The lowest BCUT2D eigenvalue weighted by molar-refractivity contribution is -0.481. The fourth-order valence-electron chi connectivity index (χ4n) is 2.13. The minimum Gasteiger partial charge on any atom is -0.484 e. The number of halogens is 2. The lowest BCUT2D eigenvalue weighted by Gasteiger charge is -2.14. The molecule has 0 heterocycles. The van der Waals surface area contributed by atoms with E-state index in [-0.39, 0.29) is 34.9 Å². The van der Waals surface area contributed by atoms with Gasteiger partial charge in [-0.05, 0) is 48.6 Å². The Kier molecular flexibility index (Phi) is 7.80. The fourth-order valence-corrected chi connectivity index (χ4v) is 2.96. The minimum absolute atomic E-state index is 0.145. The highest BCUT2D eigenvalue weighted by Crippen LogP contribution is 2.36. The van der Waals surface area contributed by atoms with Gasteiger partial charge < -0.3 is 20.7 Å². The van der Waals surface area contributed by atoms with Crippen molar-refractivity contribution < 1.29 is 14.5 Å². The lowest BCUT2D eigenvalue weighted by Crippen LogP contribution is -2.19. The van der Waals surface area contributed by atoms with Gasteiger partial charge in [-0.3, -0.25) is 14.9 Å². The third-order valence-electron chi connectivity index (χ3n) is 3.24. The van der Waals surface area contributed by atoms with Gasteiger partial charge in [0.2, 0.25) is 12.5 Å². The summed E-state index contributed by atoms with van der Waals surface area (Å²) in [6.45, 7) is 0.926. The summed E-state index contributed by atoms with van der Waals surface area (Å²) in [6.07, 6.45) is 0. The molecule has 0 aliphatic carbocycles. The van der Waals surface area contributed by atoms with E-state index >= 15 is 0 Å². The molecule has 0 radical (unpaired) electrons. The van der Waals surface area contributed by atoms with Crippen molar-refractivity contribution >= 4 is 63.5 Å². The monoisotopic (exact) mass is 442 g/mol. The molecule has 0 aliphatic rings. The second-order valence-electron chi connectivity index (χ2n) is 5.51. The van der Waals surface area contributed by atoms with Crippen molar-refractivity contribution in [2.75, 3.05) is 29.1 Å². The van der Waals surface area contributed by atoms with E-state index in [1.807, 2.05) is 0 Å². The van der Waals surface area contributed by atoms with E-state index in [0.717, 1.165) is 0 Å². The number of hydrogen-bond acceptors (Lipinski definition) is 5. The molecule has 11 heteroatoms. The molecule has 2 rings (SSSR count). The van der Waals surface area contributed by atoms with Crippen molar-refractivity contribution in [2.24, 2.45) is 0 Å². The van der Waals surface area contributed by atoms with Gasteiger partial charge in [0.25, 0.3) is 0 Å². The predicted octanol–water partition coefficient (Wildman–Crippen LogP) is 4.42. The molecule has 2 aromatic rings. The molecule has 0 bridgehead atoms. The molecule has 0 aromatic heterocycles. The van der Waals surface area contributed by atoms with Crippen molar-refractivity contribution in [3.63, 3.8) is 0 Å². The molecule has 1 amide bonds. The molecule has 0 spiro atoms. The van der Waals surface area contributed by atoms with Crippen molar-refractivity contribution in [1.82, 2.24) is 0 Å². The Hall–Kier alpha value is -2.62. The van der Waals surface area contributed by atoms with Crippen LogP contribution in [-0.2, 0) is 4.79 Å².